The van der Waals surface area contributed by atoms with Crippen molar-refractivity contribution in [3.05, 3.63) is 29.3 Å². The maximum atomic E-state index is 11.7. The van der Waals surface area contributed by atoms with Crippen molar-refractivity contribution in [1.29, 1.82) is 5.26 Å². The molecule has 1 N–H and O–H groups in total. The normalized spacial score (nSPS) is 14.2. The summed E-state index contributed by atoms with van der Waals surface area (Å²) in [6.07, 6.45) is 1.47. The van der Waals surface area contributed by atoms with Crippen LogP contribution in [0.5, 0.6) is 5.75 Å². The van der Waals surface area contributed by atoms with Crippen LogP contribution in [0.3, 0.4) is 0 Å². The molecule has 1 aromatic rings. The summed E-state index contributed by atoms with van der Waals surface area (Å²) in [4.78, 5) is 11.7. The molecule has 0 radical (unpaired) electrons. The summed E-state index contributed by atoms with van der Waals surface area (Å²) in [6.45, 7) is 3.03. The van der Waals surface area contributed by atoms with Crippen molar-refractivity contribution < 1.29 is 9.53 Å². The fourth-order valence-corrected chi connectivity index (χ4v) is 2.00. The van der Waals surface area contributed by atoms with Crippen LogP contribution in [0.25, 0.3) is 0 Å². The van der Waals surface area contributed by atoms with Crippen LogP contribution in [-0.4, -0.2) is 12.5 Å². The zero-order valence-electron chi connectivity index (χ0n) is 10.4. The molecule has 1 aliphatic rings. The average Bonchev–Trinajstić information content (AvgIpc) is 2.85. The lowest BCUT2D eigenvalue weighted by atomic mass is 10.1. The number of nitrogens with one attached hydrogen (secondary N) is 1. The minimum atomic E-state index is -0.553. The molecule has 1 aliphatic heterocycles. The van der Waals surface area contributed by atoms with Gasteiger partial charge in [-0.3, -0.25) is 4.79 Å². The highest BCUT2D eigenvalue weighted by Crippen LogP contribution is 2.25. The second-order valence-corrected chi connectivity index (χ2v) is 4.35. The first-order valence-corrected chi connectivity index (χ1v) is 6.16. The first kappa shape index (κ1) is 12.4. The molecular weight excluding hydrogens is 228 g/mol. The first-order valence-electron chi connectivity index (χ1n) is 6.16. The maximum absolute atomic E-state index is 11.7. The van der Waals surface area contributed by atoms with E-state index >= 15 is 0 Å². The molecule has 0 spiro atoms. The van der Waals surface area contributed by atoms with Crippen LogP contribution in [0, 0.1) is 17.2 Å². The topological polar surface area (TPSA) is 62.1 Å². The summed E-state index contributed by atoms with van der Waals surface area (Å²) in [6, 6.07) is 7.93. The summed E-state index contributed by atoms with van der Waals surface area (Å²) < 4.78 is 5.42. The third kappa shape index (κ3) is 2.62. The number of nitriles is 1. The van der Waals surface area contributed by atoms with Crippen molar-refractivity contribution in [3.63, 3.8) is 0 Å². The van der Waals surface area contributed by atoms with Gasteiger partial charge in [0.2, 0.25) is 5.91 Å². The van der Waals surface area contributed by atoms with Crippen molar-refractivity contribution in [2.24, 2.45) is 5.92 Å². The van der Waals surface area contributed by atoms with Gasteiger partial charge in [-0.15, -0.1) is 0 Å². The molecule has 94 valence electrons. The lowest BCUT2D eigenvalue weighted by Gasteiger charge is -2.09. The van der Waals surface area contributed by atoms with E-state index < -0.39 is 5.92 Å². The second-order valence-electron chi connectivity index (χ2n) is 4.35. The monoisotopic (exact) mass is 244 g/mol. The molecule has 1 atom stereocenters. The third-order valence-electron chi connectivity index (χ3n) is 3.10. The van der Waals surface area contributed by atoms with Gasteiger partial charge in [-0.1, -0.05) is 19.1 Å². The Morgan fingerprint density at radius 3 is 3.17 bits per heavy atom. The summed E-state index contributed by atoms with van der Waals surface area (Å²) >= 11 is 0. The van der Waals surface area contributed by atoms with Crippen LogP contribution >= 0.6 is 0 Å². The smallest absolute Gasteiger partial charge is 0.237 e. The molecule has 2 rings (SSSR count). The Hall–Kier alpha value is -2.02. The molecule has 0 fully saturated rings. The Balaban J connectivity index is 1.95. The van der Waals surface area contributed by atoms with E-state index in [1.807, 2.05) is 25.1 Å². The summed E-state index contributed by atoms with van der Waals surface area (Å²) in [5.74, 6) is 0.188. The van der Waals surface area contributed by atoms with Crippen LogP contribution in [0.1, 0.15) is 24.5 Å². The predicted octanol–water partition coefficient (Wildman–Crippen LogP) is 1.79. The molecule has 0 aliphatic carbocycles. The zero-order valence-corrected chi connectivity index (χ0v) is 10.4. The predicted molar refractivity (Wildman–Crippen MR) is 66.9 cm³/mol. The van der Waals surface area contributed by atoms with Crippen LogP contribution in [0.2, 0.25) is 0 Å². The Morgan fingerprint density at radius 1 is 1.61 bits per heavy atom. The van der Waals surface area contributed by atoms with Crippen LogP contribution in [0.15, 0.2) is 18.2 Å². The lowest BCUT2D eigenvalue weighted by Crippen LogP contribution is -2.29. The third-order valence-corrected chi connectivity index (χ3v) is 3.10. The van der Waals surface area contributed by atoms with Crippen molar-refractivity contribution in [1.82, 2.24) is 5.32 Å². The van der Waals surface area contributed by atoms with Gasteiger partial charge in [-0.2, -0.15) is 5.26 Å². The van der Waals surface area contributed by atoms with Gasteiger partial charge >= 0.3 is 0 Å². The highest BCUT2D eigenvalue weighted by molar-refractivity contribution is 5.80. The van der Waals surface area contributed by atoms with Gasteiger partial charge in [0.15, 0.2) is 0 Å². The molecule has 1 amide bonds. The molecule has 0 bridgehead atoms. The van der Waals surface area contributed by atoms with Crippen molar-refractivity contribution in [3.8, 4) is 11.8 Å². The quantitative estimate of drug-likeness (QED) is 0.878. The number of benzene rings is 1. The van der Waals surface area contributed by atoms with Gasteiger partial charge in [-0.25, -0.2) is 0 Å². The summed E-state index contributed by atoms with van der Waals surface area (Å²) in [7, 11) is 0. The van der Waals surface area contributed by atoms with Crippen LogP contribution in [0.4, 0.5) is 0 Å². The van der Waals surface area contributed by atoms with Crippen LogP contribution in [-0.2, 0) is 17.8 Å². The van der Waals surface area contributed by atoms with E-state index in [1.165, 1.54) is 5.56 Å². The molecule has 0 aromatic heterocycles. The van der Waals surface area contributed by atoms with Gasteiger partial charge in [0.25, 0.3) is 0 Å². The first-order chi connectivity index (χ1) is 8.74. The Morgan fingerprint density at radius 2 is 2.44 bits per heavy atom. The lowest BCUT2D eigenvalue weighted by molar-refractivity contribution is -0.123. The minimum absolute atomic E-state index is 0.197. The molecule has 0 saturated carbocycles. The van der Waals surface area contributed by atoms with E-state index in [-0.39, 0.29) is 5.91 Å². The van der Waals surface area contributed by atoms with Crippen molar-refractivity contribution in [2.75, 3.05) is 6.61 Å². The standard InChI is InChI=1S/C14H16N2O2/c1-2-11(8-15)14(17)16-9-10-3-4-13-12(7-10)5-6-18-13/h3-4,7,11H,2,5-6,9H2,1H3,(H,16,17). The second kappa shape index (κ2) is 5.54. The van der Waals surface area contributed by atoms with E-state index in [2.05, 4.69) is 11.4 Å². The molecule has 18 heavy (non-hydrogen) atoms. The minimum Gasteiger partial charge on any atom is -0.493 e. The Bertz CT molecular complexity index is 491. The molecule has 4 nitrogen and oxygen atoms in total. The zero-order chi connectivity index (χ0) is 13.0. The molecule has 1 heterocycles. The van der Waals surface area contributed by atoms with E-state index in [0.29, 0.717) is 13.0 Å². The molecule has 4 heteroatoms. The SMILES string of the molecule is CCC(C#N)C(=O)NCc1ccc2c(c1)CCO2. The van der Waals surface area contributed by atoms with E-state index in [0.717, 1.165) is 24.3 Å². The average molecular weight is 244 g/mol. The van der Waals surface area contributed by atoms with E-state index in [9.17, 15) is 4.79 Å². The number of fused-ring (bicyclic) bond motifs is 1. The van der Waals surface area contributed by atoms with Gasteiger partial charge < -0.3 is 10.1 Å². The number of rotatable bonds is 4. The maximum Gasteiger partial charge on any atom is 0.237 e. The van der Waals surface area contributed by atoms with Gasteiger partial charge in [0.05, 0.1) is 12.7 Å². The molecule has 1 unspecified atom stereocenters. The number of carbonyl (C=O) groups excluding carboxylic acids is 1. The molecule has 0 saturated heterocycles. The van der Waals surface area contributed by atoms with Gasteiger partial charge in [-0.05, 0) is 23.6 Å². The number of ether oxygens (including phenoxy) is 1. The number of hydrogen-bond donors (Lipinski definition) is 1. The highest BCUT2D eigenvalue weighted by Gasteiger charge is 2.16. The van der Waals surface area contributed by atoms with Crippen molar-refractivity contribution >= 4 is 5.91 Å². The van der Waals surface area contributed by atoms with Crippen molar-refractivity contribution in [2.45, 2.75) is 26.3 Å². The van der Waals surface area contributed by atoms with Gasteiger partial charge in [0.1, 0.15) is 11.7 Å². The summed E-state index contributed by atoms with van der Waals surface area (Å²) in [5.41, 5.74) is 2.23. The number of hydrogen-bond acceptors (Lipinski definition) is 3. The number of carbonyl (C=O) groups is 1. The van der Waals surface area contributed by atoms with Gasteiger partial charge in [0, 0.05) is 13.0 Å². The Labute approximate surface area is 107 Å². The van der Waals surface area contributed by atoms with E-state index in [4.69, 9.17) is 10.00 Å². The van der Waals surface area contributed by atoms with Crippen LogP contribution < -0.4 is 10.1 Å². The van der Waals surface area contributed by atoms with E-state index in [1.54, 1.807) is 0 Å². The number of nitrogens with zero attached hydrogens (tertiary/aromatic N) is 1. The Kier molecular flexibility index (Phi) is 3.83. The fraction of sp³-hybridized carbons (Fsp3) is 0.429. The fourth-order valence-electron chi connectivity index (χ4n) is 2.00. The summed E-state index contributed by atoms with van der Waals surface area (Å²) in [5, 5.41) is 11.6. The number of amides is 1. The molecule has 1 aromatic carbocycles. The molecular formula is C14H16N2O2. The highest BCUT2D eigenvalue weighted by atomic mass is 16.5. The largest absolute Gasteiger partial charge is 0.493 e.